The van der Waals surface area contributed by atoms with Gasteiger partial charge in [-0.3, -0.25) is 4.79 Å². The normalized spacial score (nSPS) is 20.2. The third kappa shape index (κ3) is 5.49. The van der Waals surface area contributed by atoms with E-state index in [9.17, 15) is 4.79 Å². The van der Waals surface area contributed by atoms with Gasteiger partial charge in [0.2, 0.25) is 5.91 Å². The summed E-state index contributed by atoms with van der Waals surface area (Å²) in [6, 6.07) is 0. The molecule has 1 amide bonds. The largest absolute Gasteiger partial charge is 0.341 e. The predicted octanol–water partition coefficient (Wildman–Crippen LogP) is 1.55. The predicted molar refractivity (Wildman–Crippen MR) is 79.9 cm³/mol. The molecule has 0 aromatic heterocycles. The van der Waals surface area contributed by atoms with E-state index in [1.807, 2.05) is 4.90 Å². The average Bonchev–Trinajstić information content (AvgIpc) is 2.54. The minimum Gasteiger partial charge on any atom is -0.341 e. The Kier molecular flexibility index (Phi) is 6.27. The Morgan fingerprint density at radius 1 is 1.21 bits per heavy atom. The molecular formula is C15H31N3O. The van der Waals surface area contributed by atoms with Crippen LogP contribution in [0.2, 0.25) is 0 Å². The molecule has 0 spiro atoms. The van der Waals surface area contributed by atoms with Gasteiger partial charge in [0, 0.05) is 39.1 Å². The summed E-state index contributed by atoms with van der Waals surface area (Å²) in [5.74, 6) is 0.737. The zero-order valence-corrected chi connectivity index (χ0v) is 13.1. The molecule has 4 nitrogen and oxygen atoms in total. The van der Waals surface area contributed by atoms with Crippen LogP contribution in [0.25, 0.3) is 0 Å². The van der Waals surface area contributed by atoms with E-state index >= 15 is 0 Å². The molecule has 0 bridgehead atoms. The summed E-state index contributed by atoms with van der Waals surface area (Å²) in [6.07, 6.45) is 1.73. The molecule has 0 aromatic rings. The van der Waals surface area contributed by atoms with E-state index in [-0.39, 0.29) is 5.41 Å². The molecule has 1 aliphatic heterocycles. The van der Waals surface area contributed by atoms with Crippen LogP contribution < -0.4 is 5.73 Å². The quantitative estimate of drug-likeness (QED) is 0.842. The van der Waals surface area contributed by atoms with E-state index in [0.29, 0.717) is 24.8 Å². The standard InChI is InChI=1S/C15H31N3O/c1-13(15(2,3)4)12-14(19)18-8-5-7-17(9-6-16)10-11-18/h13H,5-12,16H2,1-4H3. The highest BCUT2D eigenvalue weighted by Gasteiger charge is 2.26. The van der Waals surface area contributed by atoms with Crippen molar-refractivity contribution in [2.24, 2.45) is 17.1 Å². The number of nitrogens with two attached hydrogens (primary N) is 1. The fourth-order valence-corrected chi connectivity index (χ4v) is 2.32. The lowest BCUT2D eigenvalue weighted by Gasteiger charge is -2.29. The Balaban J connectivity index is 2.45. The van der Waals surface area contributed by atoms with Gasteiger partial charge in [0.25, 0.3) is 0 Å². The van der Waals surface area contributed by atoms with Gasteiger partial charge in [-0.1, -0.05) is 27.7 Å². The van der Waals surface area contributed by atoms with Gasteiger partial charge in [0.15, 0.2) is 0 Å². The van der Waals surface area contributed by atoms with Crippen molar-refractivity contribution in [2.75, 3.05) is 39.3 Å². The van der Waals surface area contributed by atoms with E-state index in [2.05, 4.69) is 32.6 Å². The summed E-state index contributed by atoms with van der Waals surface area (Å²) in [5, 5.41) is 0. The summed E-state index contributed by atoms with van der Waals surface area (Å²) in [4.78, 5) is 16.8. The van der Waals surface area contributed by atoms with Crippen LogP contribution in [0, 0.1) is 11.3 Å². The van der Waals surface area contributed by atoms with Crippen molar-refractivity contribution in [1.82, 2.24) is 9.80 Å². The van der Waals surface area contributed by atoms with Gasteiger partial charge in [-0.2, -0.15) is 0 Å². The molecule has 1 aliphatic rings. The van der Waals surface area contributed by atoms with Gasteiger partial charge in [-0.05, 0) is 24.3 Å². The van der Waals surface area contributed by atoms with Gasteiger partial charge in [0.1, 0.15) is 0 Å². The summed E-state index contributed by atoms with van der Waals surface area (Å²) < 4.78 is 0. The summed E-state index contributed by atoms with van der Waals surface area (Å²) in [6.45, 7) is 14.2. The van der Waals surface area contributed by atoms with Gasteiger partial charge >= 0.3 is 0 Å². The molecule has 0 saturated carbocycles. The van der Waals surface area contributed by atoms with Crippen LogP contribution in [-0.2, 0) is 4.79 Å². The maximum atomic E-state index is 12.4. The topological polar surface area (TPSA) is 49.6 Å². The first-order chi connectivity index (χ1) is 8.84. The third-order valence-corrected chi connectivity index (χ3v) is 4.35. The van der Waals surface area contributed by atoms with Crippen LogP contribution in [0.3, 0.4) is 0 Å². The Labute approximate surface area is 118 Å². The molecule has 2 N–H and O–H groups in total. The molecule has 1 rings (SSSR count). The SMILES string of the molecule is CC(CC(=O)N1CCCN(CCN)CC1)C(C)(C)C. The number of hydrogen-bond donors (Lipinski definition) is 1. The molecule has 0 aromatic carbocycles. The minimum absolute atomic E-state index is 0.201. The first kappa shape index (κ1) is 16.4. The smallest absolute Gasteiger partial charge is 0.222 e. The zero-order valence-electron chi connectivity index (χ0n) is 13.1. The summed E-state index contributed by atoms with van der Waals surface area (Å²) in [5.41, 5.74) is 5.80. The Morgan fingerprint density at radius 3 is 2.47 bits per heavy atom. The Bertz CT molecular complexity index is 286. The lowest BCUT2D eigenvalue weighted by Crippen LogP contribution is -2.38. The van der Waals surface area contributed by atoms with Crippen LogP contribution >= 0.6 is 0 Å². The highest BCUT2D eigenvalue weighted by atomic mass is 16.2. The molecule has 1 heterocycles. The van der Waals surface area contributed by atoms with Crippen LogP contribution in [-0.4, -0.2) is 55.0 Å². The monoisotopic (exact) mass is 269 g/mol. The fourth-order valence-electron chi connectivity index (χ4n) is 2.32. The van der Waals surface area contributed by atoms with E-state index in [4.69, 9.17) is 5.73 Å². The van der Waals surface area contributed by atoms with E-state index in [0.717, 1.165) is 39.1 Å². The van der Waals surface area contributed by atoms with Gasteiger partial charge in [-0.15, -0.1) is 0 Å². The molecule has 1 fully saturated rings. The maximum Gasteiger partial charge on any atom is 0.222 e. The highest BCUT2D eigenvalue weighted by Crippen LogP contribution is 2.28. The van der Waals surface area contributed by atoms with E-state index < -0.39 is 0 Å². The first-order valence-corrected chi connectivity index (χ1v) is 7.54. The number of rotatable bonds is 4. The van der Waals surface area contributed by atoms with Crippen LogP contribution in [0.4, 0.5) is 0 Å². The second-order valence-corrected chi connectivity index (χ2v) is 6.84. The fraction of sp³-hybridized carbons (Fsp3) is 0.933. The molecule has 1 atom stereocenters. The lowest BCUT2D eigenvalue weighted by molar-refractivity contribution is -0.132. The molecule has 1 unspecified atom stereocenters. The van der Waals surface area contributed by atoms with Crippen molar-refractivity contribution in [3.8, 4) is 0 Å². The van der Waals surface area contributed by atoms with Gasteiger partial charge in [-0.25, -0.2) is 0 Å². The summed E-state index contributed by atoms with van der Waals surface area (Å²) in [7, 11) is 0. The van der Waals surface area contributed by atoms with Crippen molar-refractivity contribution in [3.63, 3.8) is 0 Å². The van der Waals surface area contributed by atoms with Crippen LogP contribution in [0.1, 0.15) is 40.5 Å². The van der Waals surface area contributed by atoms with E-state index in [1.54, 1.807) is 0 Å². The average molecular weight is 269 g/mol. The zero-order chi connectivity index (χ0) is 14.5. The number of carbonyl (C=O) groups is 1. The molecule has 0 aliphatic carbocycles. The summed E-state index contributed by atoms with van der Waals surface area (Å²) >= 11 is 0. The molecular weight excluding hydrogens is 238 g/mol. The minimum atomic E-state index is 0.201. The molecule has 1 saturated heterocycles. The van der Waals surface area contributed by atoms with Crippen molar-refractivity contribution in [1.29, 1.82) is 0 Å². The number of amides is 1. The van der Waals surface area contributed by atoms with Gasteiger partial charge < -0.3 is 15.5 Å². The Hall–Kier alpha value is -0.610. The van der Waals surface area contributed by atoms with E-state index in [1.165, 1.54) is 0 Å². The molecule has 19 heavy (non-hydrogen) atoms. The second-order valence-electron chi connectivity index (χ2n) is 6.84. The van der Waals surface area contributed by atoms with Crippen LogP contribution in [0.5, 0.6) is 0 Å². The number of hydrogen-bond acceptors (Lipinski definition) is 3. The van der Waals surface area contributed by atoms with Crippen molar-refractivity contribution in [3.05, 3.63) is 0 Å². The first-order valence-electron chi connectivity index (χ1n) is 7.54. The lowest BCUT2D eigenvalue weighted by atomic mass is 9.80. The molecule has 112 valence electrons. The molecule has 4 heteroatoms. The highest BCUT2D eigenvalue weighted by molar-refractivity contribution is 5.76. The number of carbonyl (C=O) groups excluding carboxylic acids is 1. The molecule has 0 radical (unpaired) electrons. The van der Waals surface area contributed by atoms with Crippen LogP contribution in [0.15, 0.2) is 0 Å². The van der Waals surface area contributed by atoms with Crippen molar-refractivity contribution >= 4 is 5.91 Å². The maximum absolute atomic E-state index is 12.4. The van der Waals surface area contributed by atoms with Gasteiger partial charge in [0.05, 0.1) is 0 Å². The third-order valence-electron chi connectivity index (χ3n) is 4.35. The Morgan fingerprint density at radius 2 is 1.89 bits per heavy atom. The second kappa shape index (κ2) is 7.25. The van der Waals surface area contributed by atoms with Crippen molar-refractivity contribution < 1.29 is 4.79 Å². The van der Waals surface area contributed by atoms with Crippen molar-refractivity contribution in [2.45, 2.75) is 40.5 Å². The number of nitrogens with zero attached hydrogens (tertiary/aromatic N) is 2.